The fourth-order valence-corrected chi connectivity index (χ4v) is 1.84. The summed E-state index contributed by atoms with van der Waals surface area (Å²) in [6, 6.07) is 10.8. The van der Waals surface area contributed by atoms with Gasteiger partial charge in [0.15, 0.2) is 5.65 Å². The monoisotopic (exact) mass is 240 g/mol. The van der Waals surface area contributed by atoms with Crippen molar-refractivity contribution in [3.8, 4) is 17.0 Å². The lowest BCUT2D eigenvalue weighted by atomic mass is 10.2. The topological polar surface area (TPSA) is 62.5 Å². The van der Waals surface area contributed by atoms with Crippen LogP contribution in [0.1, 0.15) is 0 Å². The van der Waals surface area contributed by atoms with Gasteiger partial charge in [0.1, 0.15) is 11.6 Å². The Balaban J connectivity index is 2.19. The van der Waals surface area contributed by atoms with Crippen molar-refractivity contribution in [2.75, 3.05) is 12.4 Å². The average Bonchev–Trinajstić information content (AvgIpc) is 2.82. The van der Waals surface area contributed by atoms with Crippen LogP contribution in [0.5, 0.6) is 5.75 Å². The van der Waals surface area contributed by atoms with E-state index >= 15 is 0 Å². The molecule has 0 bridgehead atoms. The van der Waals surface area contributed by atoms with Gasteiger partial charge in [-0.25, -0.2) is 9.50 Å². The van der Waals surface area contributed by atoms with Crippen LogP contribution in [-0.4, -0.2) is 26.8 Å². The van der Waals surface area contributed by atoms with Gasteiger partial charge in [0.05, 0.1) is 11.9 Å². The van der Waals surface area contributed by atoms with Gasteiger partial charge in [-0.1, -0.05) is 0 Å². The Morgan fingerprint density at radius 3 is 2.61 bits per heavy atom. The van der Waals surface area contributed by atoms with Crippen molar-refractivity contribution in [3.63, 3.8) is 0 Å². The van der Waals surface area contributed by atoms with E-state index in [-0.39, 0.29) is 5.75 Å². The lowest BCUT2D eigenvalue weighted by Crippen LogP contribution is -1.99. The van der Waals surface area contributed by atoms with Crippen LogP contribution in [0.15, 0.2) is 42.6 Å². The molecule has 5 heteroatoms. The number of nitrogens with zero attached hydrogens (tertiary/aromatic N) is 3. The number of aromatic hydroxyl groups is 1. The van der Waals surface area contributed by atoms with E-state index in [1.165, 1.54) is 0 Å². The fourth-order valence-electron chi connectivity index (χ4n) is 1.84. The first kappa shape index (κ1) is 10.6. The molecule has 2 N–H and O–H groups in total. The van der Waals surface area contributed by atoms with Crippen molar-refractivity contribution in [3.05, 3.63) is 42.6 Å². The summed E-state index contributed by atoms with van der Waals surface area (Å²) in [5.74, 6) is 1.02. The zero-order valence-electron chi connectivity index (χ0n) is 9.83. The molecule has 0 aliphatic carbocycles. The van der Waals surface area contributed by atoms with E-state index < -0.39 is 0 Å². The zero-order valence-corrected chi connectivity index (χ0v) is 9.83. The number of phenols is 1. The Morgan fingerprint density at radius 1 is 1.11 bits per heavy atom. The summed E-state index contributed by atoms with van der Waals surface area (Å²) < 4.78 is 1.78. The highest BCUT2D eigenvalue weighted by Gasteiger charge is 2.07. The third-order valence-electron chi connectivity index (χ3n) is 2.78. The molecule has 2 aromatic heterocycles. The molecule has 18 heavy (non-hydrogen) atoms. The standard InChI is InChI=1S/C13H12N4O/c1-14-12-6-7-13-15-8-11(17(13)16-12)9-2-4-10(18)5-3-9/h2-8,18H,1H3,(H,14,16). The Morgan fingerprint density at radius 2 is 1.89 bits per heavy atom. The van der Waals surface area contributed by atoms with Crippen LogP contribution in [0.2, 0.25) is 0 Å². The quantitative estimate of drug-likeness (QED) is 0.720. The second kappa shape index (κ2) is 4.03. The van der Waals surface area contributed by atoms with Gasteiger partial charge in [0.25, 0.3) is 0 Å². The Bertz CT molecular complexity index is 688. The van der Waals surface area contributed by atoms with E-state index in [0.717, 1.165) is 22.7 Å². The Kier molecular flexibility index (Phi) is 2.37. The van der Waals surface area contributed by atoms with Gasteiger partial charge >= 0.3 is 0 Å². The smallest absolute Gasteiger partial charge is 0.154 e. The molecular formula is C13H12N4O. The number of aromatic nitrogens is 3. The van der Waals surface area contributed by atoms with E-state index in [2.05, 4.69) is 15.4 Å². The van der Waals surface area contributed by atoms with E-state index in [4.69, 9.17) is 0 Å². The fraction of sp³-hybridized carbons (Fsp3) is 0.0769. The van der Waals surface area contributed by atoms with Crippen LogP contribution in [0.25, 0.3) is 16.9 Å². The molecule has 90 valence electrons. The van der Waals surface area contributed by atoms with Crippen LogP contribution in [0.4, 0.5) is 5.82 Å². The highest BCUT2D eigenvalue weighted by atomic mass is 16.3. The summed E-state index contributed by atoms with van der Waals surface area (Å²) in [4.78, 5) is 4.30. The van der Waals surface area contributed by atoms with Gasteiger partial charge in [-0.15, -0.1) is 5.10 Å². The van der Waals surface area contributed by atoms with Crippen LogP contribution in [-0.2, 0) is 0 Å². The molecule has 0 aliphatic rings. The molecule has 0 spiro atoms. The zero-order chi connectivity index (χ0) is 12.5. The number of rotatable bonds is 2. The molecule has 3 aromatic rings. The first-order chi connectivity index (χ1) is 8.78. The summed E-state index contributed by atoms with van der Waals surface area (Å²) in [7, 11) is 1.82. The molecule has 0 fully saturated rings. The number of hydrogen-bond acceptors (Lipinski definition) is 4. The third-order valence-corrected chi connectivity index (χ3v) is 2.78. The predicted molar refractivity (Wildman–Crippen MR) is 69.6 cm³/mol. The van der Waals surface area contributed by atoms with Crippen molar-refractivity contribution in [2.45, 2.75) is 0 Å². The van der Waals surface area contributed by atoms with Crippen molar-refractivity contribution < 1.29 is 5.11 Å². The summed E-state index contributed by atoms with van der Waals surface area (Å²) in [6.45, 7) is 0. The SMILES string of the molecule is CNc1ccc2ncc(-c3ccc(O)cc3)n2n1. The van der Waals surface area contributed by atoms with Crippen molar-refractivity contribution in [1.29, 1.82) is 0 Å². The third kappa shape index (κ3) is 1.66. The number of benzene rings is 1. The summed E-state index contributed by atoms with van der Waals surface area (Å²) >= 11 is 0. The van der Waals surface area contributed by atoms with E-state index in [1.54, 1.807) is 22.8 Å². The molecule has 0 aliphatic heterocycles. The molecule has 0 amide bonds. The van der Waals surface area contributed by atoms with E-state index in [9.17, 15) is 5.11 Å². The number of anilines is 1. The number of fused-ring (bicyclic) bond motifs is 1. The van der Waals surface area contributed by atoms with Gasteiger partial charge in [0.2, 0.25) is 0 Å². The van der Waals surface area contributed by atoms with Gasteiger partial charge < -0.3 is 10.4 Å². The molecule has 5 nitrogen and oxygen atoms in total. The molecule has 1 aromatic carbocycles. The van der Waals surface area contributed by atoms with E-state index in [0.29, 0.717) is 0 Å². The van der Waals surface area contributed by atoms with Crippen LogP contribution < -0.4 is 5.32 Å². The lowest BCUT2D eigenvalue weighted by molar-refractivity contribution is 0.475. The molecular weight excluding hydrogens is 228 g/mol. The maximum absolute atomic E-state index is 9.30. The van der Waals surface area contributed by atoms with E-state index in [1.807, 2.05) is 31.3 Å². The minimum atomic E-state index is 0.247. The van der Waals surface area contributed by atoms with Crippen molar-refractivity contribution in [2.24, 2.45) is 0 Å². The average molecular weight is 240 g/mol. The molecule has 0 radical (unpaired) electrons. The highest BCUT2D eigenvalue weighted by Crippen LogP contribution is 2.22. The minimum absolute atomic E-state index is 0.247. The summed E-state index contributed by atoms with van der Waals surface area (Å²) in [5.41, 5.74) is 2.64. The maximum Gasteiger partial charge on any atom is 0.154 e. The van der Waals surface area contributed by atoms with Crippen molar-refractivity contribution in [1.82, 2.24) is 14.6 Å². The first-order valence-electron chi connectivity index (χ1n) is 5.60. The molecule has 0 saturated carbocycles. The summed E-state index contributed by atoms with van der Waals surface area (Å²) in [6.07, 6.45) is 1.77. The lowest BCUT2D eigenvalue weighted by Gasteiger charge is -2.03. The maximum atomic E-state index is 9.30. The second-order valence-corrected chi connectivity index (χ2v) is 3.93. The molecule has 0 saturated heterocycles. The Labute approximate surface area is 104 Å². The number of nitrogens with one attached hydrogen (secondary N) is 1. The van der Waals surface area contributed by atoms with Crippen LogP contribution >= 0.6 is 0 Å². The molecule has 3 rings (SSSR count). The summed E-state index contributed by atoms with van der Waals surface area (Å²) in [5, 5.41) is 16.7. The first-order valence-corrected chi connectivity index (χ1v) is 5.60. The largest absolute Gasteiger partial charge is 0.508 e. The Hall–Kier alpha value is -2.56. The predicted octanol–water partition coefficient (Wildman–Crippen LogP) is 2.14. The molecule has 2 heterocycles. The van der Waals surface area contributed by atoms with Gasteiger partial charge in [-0.05, 0) is 36.4 Å². The van der Waals surface area contributed by atoms with Crippen LogP contribution in [0.3, 0.4) is 0 Å². The number of phenolic OH excluding ortho intramolecular Hbond substituents is 1. The second-order valence-electron chi connectivity index (χ2n) is 3.93. The minimum Gasteiger partial charge on any atom is -0.508 e. The van der Waals surface area contributed by atoms with Crippen LogP contribution in [0, 0.1) is 0 Å². The van der Waals surface area contributed by atoms with Gasteiger partial charge in [0, 0.05) is 12.6 Å². The van der Waals surface area contributed by atoms with Crippen molar-refractivity contribution >= 4 is 11.5 Å². The number of imidazole rings is 1. The normalized spacial score (nSPS) is 10.7. The van der Waals surface area contributed by atoms with Gasteiger partial charge in [-0.3, -0.25) is 0 Å². The van der Waals surface area contributed by atoms with Gasteiger partial charge in [-0.2, -0.15) is 0 Å². The molecule has 0 unspecified atom stereocenters. The number of hydrogen-bond donors (Lipinski definition) is 2. The molecule has 0 atom stereocenters. The highest BCUT2D eigenvalue weighted by molar-refractivity contribution is 5.64.